The van der Waals surface area contributed by atoms with Gasteiger partial charge in [0.2, 0.25) is 0 Å². The summed E-state index contributed by atoms with van der Waals surface area (Å²) in [4.78, 5) is 43.4. The largest absolute Gasteiger partial charge is 0.468 e. The molecule has 0 bridgehead atoms. The summed E-state index contributed by atoms with van der Waals surface area (Å²) in [5, 5.41) is 21.7. The second kappa shape index (κ2) is 9.42. The van der Waals surface area contributed by atoms with E-state index in [1.54, 1.807) is 0 Å². The van der Waals surface area contributed by atoms with Gasteiger partial charge in [-0.25, -0.2) is 0 Å². The molecular formula is C15H19N3O7. The number of ketones is 1. The van der Waals surface area contributed by atoms with Crippen LogP contribution in [0.2, 0.25) is 0 Å². The number of hydrogen-bond acceptors (Lipinski definition) is 8. The first-order chi connectivity index (χ1) is 11.8. The van der Waals surface area contributed by atoms with Crippen molar-refractivity contribution in [2.24, 2.45) is 5.73 Å². The zero-order valence-electron chi connectivity index (χ0n) is 13.7. The van der Waals surface area contributed by atoms with Gasteiger partial charge in [0, 0.05) is 12.5 Å². The molecule has 0 heterocycles. The Hall–Kier alpha value is -2.88. The summed E-state index contributed by atoms with van der Waals surface area (Å²) in [6, 6.07) is 2.24. The number of carbonyl (C=O) groups excluding carboxylic acids is 2. The van der Waals surface area contributed by atoms with Gasteiger partial charge in [0.15, 0.2) is 5.78 Å². The van der Waals surface area contributed by atoms with Crippen LogP contribution in [0.1, 0.15) is 42.5 Å². The number of non-ortho nitro benzene ring substituents is 1. The molecule has 0 radical (unpaired) electrons. The van der Waals surface area contributed by atoms with Gasteiger partial charge >= 0.3 is 5.97 Å². The van der Waals surface area contributed by atoms with Crippen molar-refractivity contribution >= 4 is 23.1 Å². The van der Waals surface area contributed by atoms with E-state index in [0.717, 1.165) is 18.2 Å². The number of nitrogens with two attached hydrogens (primary N) is 1. The predicted molar refractivity (Wildman–Crippen MR) is 87.2 cm³/mol. The average molecular weight is 353 g/mol. The topological polar surface area (TPSA) is 156 Å². The smallest absolute Gasteiger partial charge is 0.322 e. The molecule has 0 amide bonds. The predicted octanol–water partition coefficient (Wildman–Crippen LogP) is 2.14. The molecule has 10 nitrogen and oxygen atoms in total. The Labute approximate surface area is 143 Å². The summed E-state index contributed by atoms with van der Waals surface area (Å²) < 4.78 is 4.50. The van der Waals surface area contributed by atoms with Crippen LogP contribution in [-0.4, -0.2) is 34.8 Å². The number of hydrogen-bond donors (Lipinski definition) is 1. The lowest BCUT2D eigenvalue weighted by molar-refractivity contribution is -0.394. The fourth-order valence-corrected chi connectivity index (χ4v) is 2.25. The Morgan fingerprint density at radius 3 is 2.40 bits per heavy atom. The molecule has 1 rings (SSSR count). The second-order valence-corrected chi connectivity index (χ2v) is 5.37. The SMILES string of the molecule is COC(=O)C(N)CCCCCC(=O)c1ccc([N+](=O)[O-])cc1[N+](=O)[O-]. The molecule has 136 valence electrons. The summed E-state index contributed by atoms with van der Waals surface area (Å²) in [6.07, 6.45) is 2.15. The zero-order valence-corrected chi connectivity index (χ0v) is 13.7. The third kappa shape index (κ3) is 5.92. The number of ether oxygens (including phenoxy) is 1. The fraction of sp³-hybridized carbons (Fsp3) is 0.467. The maximum atomic E-state index is 12.1. The van der Waals surface area contributed by atoms with Crippen molar-refractivity contribution in [3.05, 3.63) is 44.0 Å². The standard InChI is InChI=1S/C15H19N3O7/c1-25-15(20)12(16)5-3-2-4-6-14(19)11-8-7-10(17(21)22)9-13(11)18(23)24/h7-9,12H,2-6,16H2,1H3. The van der Waals surface area contributed by atoms with Crippen LogP contribution in [-0.2, 0) is 9.53 Å². The van der Waals surface area contributed by atoms with E-state index in [1.165, 1.54) is 7.11 Å². The van der Waals surface area contributed by atoms with Crippen molar-refractivity contribution in [2.45, 2.75) is 38.1 Å². The molecule has 0 spiro atoms. The lowest BCUT2D eigenvalue weighted by Crippen LogP contribution is -2.31. The van der Waals surface area contributed by atoms with Gasteiger partial charge in [0.1, 0.15) is 6.04 Å². The molecule has 25 heavy (non-hydrogen) atoms. The van der Waals surface area contributed by atoms with Gasteiger partial charge in [-0.2, -0.15) is 0 Å². The molecule has 1 atom stereocenters. The van der Waals surface area contributed by atoms with Crippen molar-refractivity contribution in [2.75, 3.05) is 7.11 Å². The van der Waals surface area contributed by atoms with E-state index in [9.17, 15) is 29.8 Å². The van der Waals surface area contributed by atoms with Gasteiger partial charge < -0.3 is 10.5 Å². The Morgan fingerprint density at radius 1 is 1.16 bits per heavy atom. The lowest BCUT2D eigenvalue weighted by Gasteiger charge is -2.08. The molecule has 0 aliphatic heterocycles. The summed E-state index contributed by atoms with van der Waals surface area (Å²) in [6.45, 7) is 0. The molecule has 10 heteroatoms. The number of esters is 1. The number of Topliss-reactive ketones (excluding diaryl/α,β-unsaturated/α-hetero) is 1. The van der Waals surface area contributed by atoms with Crippen LogP contribution in [0.5, 0.6) is 0 Å². The minimum absolute atomic E-state index is 0.0616. The van der Waals surface area contributed by atoms with Crippen LogP contribution in [0.25, 0.3) is 0 Å². The molecule has 0 aromatic heterocycles. The highest BCUT2D eigenvalue weighted by Gasteiger charge is 2.23. The number of nitrogens with zero attached hydrogens (tertiary/aromatic N) is 2. The van der Waals surface area contributed by atoms with Crippen molar-refractivity contribution < 1.29 is 24.2 Å². The Bertz CT molecular complexity index is 675. The Kier molecular flexibility index (Phi) is 7.60. The van der Waals surface area contributed by atoms with E-state index in [-0.39, 0.29) is 12.0 Å². The maximum absolute atomic E-state index is 12.1. The molecule has 1 unspecified atom stereocenters. The van der Waals surface area contributed by atoms with Gasteiger partial charge in [-0.3, -0.25) is 29.8 Å². The Morgan fingerprint density at radius 2 is 1.84 bits per heavy atom. The first-order valence-electron chi connectivity index (χ1n) is 7.57. The number of nitro groups is 2. The highest BCUT2D eigenvalue weighted by molar-refractivity contribution is 6.00. The molecule has 0 saturated heterocycles. The summed E-state index contributed by atoms with van der Waals surface area (Å²) in [5.74, 6) is -0.962. The normalized spacial score (nSPS) is 11.6. The molecule has 0 saturated carbocycles. The first-order valence-corrected chi connectivity index (χ1v) is 7.57. The minimum Gasteiger partial charge on any atom is -0.468 e. The molecule has 2 N–H and O–H groups in total. The first kappa shape index (κ1) is 20.2. The van der Waals surface area contributed by atoms with Crippen molar-refractivity contribution in [3.8, 4) is 0 Å². The van der Waals surface area contributed by atoms with Gasteiger partial charge in [0.25, 0.3) is 11.4 Å². The van der Waals surface area contributed by atoms with Crippen molar-refractivity contribution in [1.29, 1.82) is 0 Å². The van der Waals surface area contributed by atoms with Crippen LogP contribution in [0.15, 0.2) is 18.2 Å². The number of methoxy groups -OCH3 is 1. The van der Waals surface area contributed by atoms with Gasteiger partial charge in [-0.05, 0) is 18.9 Å². The number of unbranched alkanes of at least 4 members (excludes halogenated alkanes) is 2. The number of rotatable bonds is 10. The van der Waals surface area contributed by atoms with Crippen LogP contribution in [0, 0.1) is 20.2 Å². The number of benzene rings is 1. The summed E-state index contributed by atoms with van der Waals surface area (Å²) in [7, 11) is 1.25. The Balaban J connectivity index is 2.59. The zero-order chi connectivity index (χ0) is 19.0. The number of nitro benzene ring substituents is 2. The molecule has 1 aromatic carbocycles. The molecule has 0 aliphatic carbocycles. The molecule has 0 fully saturated rings. The monoisotopic (exact) mass is 353 g/mol. The molecular weight excluding hydrogens is 334 g/mol. The quantitative estimate of drug-likeness (QED) is 0.220. The van der Waals surface area contributed by atoms with E-state index in [2.05, 4.69) is 4.74 Å². The van der Waals surface area contributed by atoms with E-state index >= 15 is 0 Å². The maximum Gasteiger partial charge on any atom is 0.322 e. The third-order valence-electron chi connectivity index (χ3n) is 3.61. The third-order valence-corrected chi connectivity index (χ3v) is 3.61. The van der Waals surface area contributed by atoms with Gasteiger partial charge in [-0.15, -0.1) is 0 Å². The van der Waals surface area contributed by atoms with Crippen LogP contribution in [0.3, 0.4) is 0 Å². The van der Waals surface area contributed by atoms with Crippen molar-refractivity contribution in [1.82, 2.24) is 0 Å². The highest BCUT2D eigenvalue weighted by atomic mass is 16.6. The van der Waals surface area contributed by atoms with E-state index in [1.807, 2.05) is 0 Å². The van der Waals surface area contributed by atoms with E-state index in [0.29, 0.717) is 25.7 Å². The van der Waals surface area contributed by atoms with Crippen LogP contribution < -0.4 is 5.73 Å². The average Bonchev–Trinajstić information content (AvgIpc) is 2.59. The van der Waals surface area contributed by atoms with Crippen molar-refractivity contribution in [3.63, 3.8) is 0 Å². The highest BCUT2D eigenvalue weighted by Crippen LogP contribution is 2.26. The van der Waals surface area contributed by atoms with Gasteiger partial charge in [-0.1, -0.05) is 12.8 Å². The van der Waals surface area contributed by atoms with Crippen LogP contribution in [0.4, 0.5) is 11.4 Å². The number of carbonyl (C=O) groups is 2. The fourth-order valence-electron chi connectivity index (χ4n) is 2.25. The second-order valence-electron chi connectivity index (χ2n) is 5.37. The van der Waals surface area contributed by atoms with Gasteiger partial charge in [0.05, 0.1) is 28.6 Å². The lowest BCUT2D eigenvalue weighted by atomic mass is 10.0. The van der Waals surface area contributed by atoms with E-state index in [4.69, 9.17) is 5.73 Å². The molecule has 1 aromatic rings. The summed E-state index contributed by atoms with van der Waals surface area (Å²) >= 11 is 0. The molecule has 0 aliphatic rings. The van der Waals surface area contributed by atoms with E-state index < -0.39 is 39.0 Å². The minimum atomic E-state index is -0.810. The van der Waals surface area contributed by atoms with Crippen LogP contribution >= 0.6 is 0 Å². The summed E-state index contributed by atoms with van der Waals surface area (Å²) in [5.41, 5.74) is 4.41.